The first-order valence-electron chi connectivity index (χ1n) is 6.91. The van der Waals surface area contributed by atoms with Gasteiger partial charge in [-0.2, -0.15) is 0 Å². The fourth-order valence-electron chi connectivity index (χ4n) is 2.33. The Balaban J connectivity index is 1.82. The van der Waals surface area contributed by atoms with Crippen LogP contribution in [-0.2, 0) is 4.79 Å². The molecule has 0 fully saturated rings. The number of carbonyl (C=O) groups is 2. The zero-order valence-electron chi connectivity index (χ0n) is 12.1. The monoisotopic (exact) mass is 297 g/mol. The predicted molar refractivity (Wildman–Crippen MR) is 82.2 cm³/mol. The minimum Gasteiger partial charge on any atom is -0.489 e. The summed E-state index contributed by atoms with van der Waals surface area (Å²) in [7, 11) is 0. The van der Waals surface area contributed by atoms with Crippen molar-refractivity contribution in [3.63, 3.8) is 0 Å². The summed E-state index contributed by atoms with van der Waals surface area (Å²) in [6, 6.07) is 8.54. The molecule has 0 radical (unpaired) electrons. The zero-order chi connectivity index (χ0) is 15.5. The average molecular weight is 297 g/mol. The Bertz CT molecular complexity index is 716. The van der Waals surface area contributed by atoms with Crippen LogP contribution in [0.2, 0.25) is 0 Å². The molecular formula is C16H15N3O3. The van der Waals surface area contributed by atoms with E-state index in [1.54, 1.807) is 47.6 Å². The van der Waals surface area contributed by atoms with E-state index < -0.39 is 0 Å². The van der Waals surface area contributed by atoms with Gasteiger partial charge in [-0.15, -0.1) is 0 Å². The minimum atomic E-state index is -0.221. The van der Waals surface area contributed by atoms with E-state index in [1.165, 1.54) is 6.92 Å². The lowest BCUT2D eigenvalue weighted by Crippen LogP contribution is -2.36. The number of ether oxygens (including phenoxy) is 1. The molecule has 1 aromatic carbocycles. The van der Waals surface area contributed by atoms with Gasteiger partial charge in [0.2, 0.25) is 5.91 Å². The standard InChI is InChI=1S/C16H15N3O3/c1-11(20)19-8-9-22-15-10-13(2-3-14(15)19)18-16(21)12-4-6-17-7-5-12/h2-7,10H,8-9H2,1H3,(H,18,21). The Hall–Kier alpha value is -2.89. The van der Waals surface area contributed by atoms with Crippen LogP contribution >= 0.6 is 0 Å². The number of fused-ring (bicyclic) bond motifs is 1. The minimum absolute atomic E-state index is 0.0295. The molecule has 0 bridgehead atoms. The fraction of sp³-hybridized carbons (Fsp3) is 0.188. The van der Waals surface area contributed by atoms with Crippen LogP contribution in [-0.4, -0.2) is 29.9 Å². The highest BCUT2D eigenvalue weighted by molar-refractivity contribution is 6.04. The fourth-order valence-corrected chi connectivity index (χ4v) is 2.33. The van der Waals surface area contributed by atoms with E-state index in [0.717, 1.165) is 5.69 Å². The molecule has 0 spiro atoms. The topological polar surface area (TPSA) is 71.5 Å². The maximum atomic E-state index is 12.1. The van der Waals surface area contributed by atoms with Crippen LogP contribution in [0.4, 0.5) is 11.4 Å². The number of nitrogens with zero attached hydrogens (tertiary/aromatic N) is 2. The number of nitrogens with one attached hydrogen (secondary N) is 1. The number of hydrogen-bond donors (Lipinski definition) is 1. The third kappa shape index (κ3) is 2.76. The molecule has 2 heterocycles. The molecule has 0 aliphatic carbocycles. The smallest absolute Gasteiger partial charge is 0.255 e. The lowest BCUT2D eigenvalue weighted by atomic mass is 10.2. The van der Waals surface area contributed by atoms with E-state index in [9.17, 15) is 9.59 Å². The molecule has 1 aliphatic heterocycles. The maximum Gasteiger partial charge on any atom is 0.255 e. The molecular weight excluding hydrogens is 282 g/mol. The van der Waals surface area contributed by atoms with Gasteiger partial charge in [0.25, 0.3) is 5.91 Å². The van der Waals surface area contributed by atoms with E-state index in [1.807, 2.05) is 0 Å². The van der Waals surface area contributed by atoms with Gasteiger partial charge < -0.3 is 15.0 Å². The third-order valence-corrected chi connectivity index (χ3v) is 3.40. The summed E-state index contributed by atoms with van der Waals surface area (Å²) >= 11 is 0. The van der Waals surface area contributed by atoms with Crippen LogP contribution in [0.1, 0.15) is 17.3 Å². The van der Waals surface area contributed by atoms with Gasteiger partial charge in [0.05, 0.1) is 12.2 Å². The van der Waals surface area contributed by atoms with Crippen molar-refractivity contribution in [1.29, 1.82) is 0 Å². The summed E-state index contributed by atoms with van der Waals surface area (Å²) in [5.74, 6) is 0.341. The maximum absolute atomic E-state index is 12.1. The number of carbonyl (C=O) groups excluding carboxylic acids is 2. The first-order valence-corrected chi connectivity index (χ1v) is 6.91. The molecule has 112 valence electrons. The zero-order valence-corrected chi connectivity index (χ0v) is 12.1. The van der Waals surface area contributed by atoms with Crippen molar-refractivity contribution in [1.82, 2.24) is 4.98 Å². The summed E-state index contributed by atoms with van der Waals surface area (Å²) in [6.07, 6.45) is 3.13. The first kappa shape index (κ1) is 14.1. The summed E-state index contributed by atoms with van der Waals surface area (Å²) in [5, 5.41) is 2.80. The number of benzene rings is 1. The molecule has 3 rings (SSSR count). The molecule has 22 heavy (non-hydrogen) atoms. The normalized spacial score (nSPS) is 13.0. The summed E-state index contributed by atoms with van der Waals surface area (Å²) < 4.78 is 5.58. The molecule has 0 unspecified atom stereocenters. The molecule has 1 aromatic heterocycles. The second-order valence-corrected chi connectivity index (χ2v) is 4.89. The van der Waals surface area contributed by atoms with Gasteiger partial charge >= 0.3 is 0 Å². The Morgan fingerprint density at radius 3 is 2.73 bits per heavy atom. The molecule has 2 amide bonds. The van der Waals surface area contributed by atoms with Crippen LogP contribution < -0.4 is 15.0 Å². The van der Waals surface area contributed by atoms with Crippen LogP contribution in [0.3, 0.4) is 0 Å². The quantitative estimate of drug-likeness (QED) is 0.921. The summed E-state index contributed by atoms with van der Waals surface area (Å²) in [4.78, 5) is 29.3. The number of aromatic nitrogens is 1. The van der Waals surface area contributed by atoms with Crippen molar-refractivity contribution in [2.24, 2.45) is 0 Å². The van der Waals surface area contributed by atoms with E-state index in [0.29, 0.717) is 30.2 Å². The third-order valence-electron chi connectivity index (χ3n) is 3.40. The van der Waals surface area contributed by atoms with Crippen LogP contribution in [0.15, 0.2) is 42.7 Å². The molecule has 2 aromatic rings. The van der Waals surface area contributed by atoms with Crippen molar-refractivity contribution in [2.45, 2.75) is 6.92 Å². The number of anilines is 2. The van der Waals surface area contributed by atoms with Gasteiger partial charge in [-0.3, -0.25) is 14.6 Å². The number of rotatable bonds is 2. The number of amides is 2. The summed E-state index contributed by atoms with van der Waals surface area (Å²) in [5.41, 5.74) is 1.87. The van der Waals surface area contributed by atoms with Crippen LogP contribution in [0.5, 0.6) is 5.75 Å². The van der Waals surface area contributed by atoms with Gasteiger partial charge in [0.15, 0.2) is 0 Å². The van der Waals surface area contributed by atoms with Gasteiger partial charge in [0, 0.05) is 36.6 Å². The van der Waals surface area contributed by atoms with Gasteiger partial charge in [-0.25, -0.2) is 0 Å². The highest BCUT2D eigenvalue weighted by Crippen LogP contribution is 2.34. The van der Waals surface area contributed by atoms with E-state index in [2.05, 4.69) is 10.3 Å². The van der Waals surface area contributed by atoms with Gasteiger partial charge in [0.1, 0.15) is 12.4 Å². The SMILES string of the molecule is CC(=O)N1CCOc2cc(NC(=O)c3ccncc3)ccc21. The largest absolute Gasteiger partial charge is 0.489 e. The molecule has 6 heteroatoms. The van der Waals surface area contributed by atoms with Crippen LogP contribution in [0, 0.1) is 0 Å². The van der Waals surface area contributed by atoms with Crippen molar-refractivity contribution < 1.29 is 14.3 Å². The lowest BCUT2D eigenvalue weighted by Gasteiger charge is -2.29. The first-order chi connectivity index (χ1) is 10.6. The van der Waals surface area contributed by atoms with E-state index in [-0.39, 0.29) is 11.8 Å². The Morgan fingerprint density at radius 1 is 1.23 bits per heavy atom. The second kappa shape index (κ2) is 5.85. The van der Waals surface area contributed by atoms with Crippen molar-refractivity contribution >= 4 is 23.2 Å². The highest BCUT2D eigenvalue weighted by Gasteiger charge is 2.21. The van der Waals surface area contributed by atoms with Crippen LogP contribution in [0.25, 0.3) is 0 Å². The predicted octanol–water partition coefficient (Wildman–Crippen LogP) is 2.08. The molecule has 1 aliphatic rings. The Labute approximate surface area is 127 Å². The summed E-state index contributed by atoms with van der Waals surface area (Å²) in [6.45, 7) is 2.49. The molecule has 0 atom stereocenters. The average Bonchev–Trinajstić information content (AvgIpc) is 2.54. The molecule has 1 N–H and O–H groups in total. The van der Waals surface area contributed by atoms with Gasteiger partial charge in [-0.05, 0) is 24.3 Å². The Kier molecular flexibility index (Phi) is 3.74. The van der Waals surface area contributed by atoms with Gasteiger partial charge in [-0.1, -0.05) is 0 Å². The molecule has 6 nitrogen and oxygen atoms in total. The van der Waals surface area contributed by atoms with Crippen molar-refractivity contribution in [3.05, 3.63) is 48.3 Å². The lowest BCUT2D eigenvalue weighted by molar-refractivity contribution is -0.116. The van der Waals surface area contributed by atoms with E-state index >= 15 is 0 Å². The Morgan fingerprint density at radius 2 is 2.00 bits per heavy atom. The van der Waals surface area contributed by atoms with Crippen molar-refractivity contribution in [2.75, 3.05) is 23.4 Å². The van der Waals surface area contributed by atoms with E-state index in [4.69, 9.17) is 4.74 Å². The van der Waals surface area contributed by atoms with Crippen molar-refractivity contribution in [3.8, 4) is 5.75 Å². The second-order valence-electron chi connectivity index (χ2n) is 4.89. The number of hydrogen-bond acceptors (Lipinski definition) is 4. The molecule has 0 saturated heterocycles. The highest BCUT2D eigenvalue weighted by atomic mass is 16.5. The number of pyridine rings is 1. The molecule has 0 saturated carbocycles.